The minimum absolute atomic E-state index is 0.483. The number of aliphatic imine (C=N–C) groups is 1. The highest BCUT2D eigenvalue weighted by Gasteiger charge is 2.09. The van der Waals surface area contributed by atoms with Gasteiger partial charge in [-0.25, -0.2) is 0 Å². The zero-order chi connectivity index (χ0) is 18.9. The topological polar surface area (TPSA) is 74.5 Å². The van der Waals surface area contributed by atoms with Gasteiger partial charge in [0.05, 0.1) is 11.8 Å². The van der Waals surface area contributed by atoms with Crippen LogP contribution in [-0.4, -0.2) is 40.5 Å². The molecule has 0 aliphatic heterocycles. The van der Waals surface area contributed by atoms with Crippen molar-refractivity contribution in [1.29, 1.82) is 0 Å². The molecule has 1 atom stereocenters. The van der Waals surface area contributed by atoms with Gasteiger partial charge in [0.1, 0.15) is 0 Å². The molecule has 0 amide bonds. The molecule has 1 aromatic heterocycles. The summed E-state index contributed by atoms with van der Waals surface area (Å²) in [5.74, 6) is 0.784. The number of guanidine groups is 1. The fourth-order valence-corrected chi connectivity index (χ4v) is 2.97. The maximum absolute atomic E-state index is 10.2. The molecular formula is C20H31N5O. The summed E-state index contributed by atoms with van der Waals surface area (Å²) in [5.41, 5.74) is 4.51. The third-order valence-electron chi connectivity index (χ3n) is 4.53. The lowest BCUT2D eigenvalue weighted by molar-refractivity contribution is 0.170. The van der Waals surface area contributed by atoms with E-state index < -0.39 is 6.10 Å². The summed E-state index contributed by atoms with van der Waals surface area (Å²) < 4.78 is 1.93. The molecule has 3 N–H and O–H groups in total. The monoisotopic (exact) mass is 357 g/mol. The lowest BCUT2D eigenvalue weighted by Crippen LogP contribution is -2.38. The van der Waals surface area contributed by atoms with Crippen LogP contribution in [0.2, 0.25) is 0 Å². The van der Waals surface area contributed by atoms with Gasteiger partial charge in [-0.2, -0.15) is 5.10 Å². The molecule has 0 saturated carbocycles. The molecule has 0 aliphatic carbocycles. The maximum Gasteiger partial charge on any atom is 0.191 e. The maximum atomic E-state index is 10.2. The lowest BCUT2D eigenvalue weighted by atomic mass is 10.1. The van der Waals surface area contributed by atoms with Crippen LogP contribution in [0.1, 0.15) is 42.0 Å². The van der Waals surface area contributed by atoms with Crippen molar-refractivity contribution in [3.63, 3.8) is 0 Å². The van der Waals surface area contributed by atoms with E-state index in [2.05, 4.69) is 27.6 Å². The van der Waals surface area contributed by atoms with Crippen LogP contribution in [0.3, 0.4) is 0 Å². The standard InChI is InChI=1S/C20H31N5O/c1-5-21-20(22-13-11-18-15(2)24-25(4)16(18)3)23-14-12-19(26)17-9-7-6-8-10-17/h6-10,19,26H,5,11-14H2,1-4H3,(H2,21,22,23). The molecule has 0 radical (unpaired) electrons. The van der Waals surface area contributed by atoms with Crippen molar-refractivity contribution in [2.45, 2.75) is 39.7 Å². The van der Waals surface area contributed by atoms with Crippen LogP contribution in [0.25, 0.3) is 0 Å². The van der Waals surface area contributed by atoms with Gasteiger partial charge in [0.15, 0.2) is 5.96 Å². The van der Waals surface area contributed by atoms with Gasteiger partial charge < -0.3 is 15.7 Å². The molecule has 1 heterocycles. The number of aliphatic hydroxyl groups excluding tert-OH is 1. The normalized spacial score (nSPS) is 12.9. The minimum Gasteiger partial charge on any atom is -0.388 e. The zero-order valence-electron chi connectivity index (χ0n) is 16.3. The molecule has 1 aromatic carbocycles. The van der Waals surface area contributed by atoms with Crippen LogP contribution >= 0.6 is 0 Å². The van der Waals surface area contributed by atoms with Crippen LogP contribution in [-0.2, 0) is 13.5 Å². The third kappa shape index (κ3) is 5.59. The number of nitrogens with zero attached hydrogens (tertiary/aromatic N) is 3. The first-order chi connectivity index (χ1) is 12.5. The van der Waals surface area contributed by atoms with E-state index >= 15 is 0 Å². The summed E-state index contributed by atoms with van der Waals surface area (Å²) >= 11 is 0. The average molecular weight is 358 g/mol. The van der Waals surface area contributed by atoms with Gasteiger partial charge in [-0.3, -0.25) is 9.67 Å². The smallest absolute Gasteiger partial charge is 0.191 e. The van der Waals surface area contributed by atoms with Crippen LogP contribution in [0, 0.1) is 13.8 Å². The Hall–Kier alpha value is -2.34. The Morgan fingerprint density at radius 1 is 1.23 bits per heavy atom. The summed E-state index contributed by atoms with van der Waals surface area (Å²) in [4.78, 5) is 4.57. The number of benzene rings is 1. The Bertz CT molecular complexity index is 708. The van der Waals surface area contributed by atoms with E-state index in [1.807, 2.05) is 55.9 Å². The quantitative estimate of drug-likeness (QED) is 0.500. The number of nitrogens with one attached hydrogen (secondary N) is 2. The first-order valence-corrected chi connectivity index (χ1v) is 9.27. The van der Waals surface area contributed by atoms with Gasteiger partial charge in [0.2, 0.25) is 0 Å². The lowest BCUT2D eigenvalue weighted by Gasteiger charge is -2.13. The van der Waals surface area contributed by atoms with Gasteiger partial charge in [-0.15, -0.1) is 0 Å². The Morgan fingerprint density at radius 3 is 2.58 bits per heavy atom. The molecule has 0 saturated heterocycles. The van der Waals surface area contributed by atoms with E-state index in [-0.39, 0.29) is 0 Å². The van der Waals surface area contributed by atoms with E-state index in [9.17, 15) is 5.11 Å². The summed E-state index contributed by atoms with van der Waals surface area (Å²) in [5, 5.41) is 21.3. The molecule has 0 spiro atoms. The van der Waals surface area contributed by atoms with Crippen molar-refractivity contribution >= 4 is 5.96 Å². The highest BCUT2D eigenvalue weighted by Crippen LogP contribution is 2.15. The highest BCUT2D eigenvalue weighted by atomic mass is 16.3. The molecule has 2 aromatic rings. The molecule has 26 heavy (non-hydrogen) atoms. The molecular weight excluding hydrogens is 326 g/mol. The first kappa shape index (κ1) is 20.0. The Balaban J connectivity index is 1.84. The summed E-state index contributed by atoms with van der Waals surface area (Å²) in [6.45, 7) is 8.35. The highest BCUT2D eigenvalue weighted by molar-refractivity contribution is 5.79. The molecule has 0 aliphatic rings. The van der Waals surface area contributed by atoms with Gasteiger partial charge in [0.25, 0.3) is 0 Å². The van der Waals surface area contributed by atoms with Crippen LogP contribution in [0.4, 0.5) is 0 Å². The zero-order valence-corrected chi connectivity index (χ0v) is 16.3. The summed E-state index contributed by atoms with van der Waals surface area (Å²) in [6, 6.07) is 9.71. The Kier molecular flexibility index (Phi) is 7.66. The average Bonchev–Trinajstić information content (AvgIpc) is 2.88. The first-order valence-electron chi connectivity index (χ1n) is 9.27. The SMILES string of the molecule is CCNC(=NCCC(O)c1ccccc1)NCCc1c(C)nn(C)c1C. The van der Waals surface area contributed by atoms with Crippen LogP contribution in [0.15, 0.2) is 35.3 Å². The van der Waals surface area contributed by atoms with Crippen molar-refractivity contribution in [1.82, 2.24) is 20.4 Å². The largest absolute Gasteiger partial charge is 0.388 e. The van der Waals surface area contributed by atoms with Crippen molar-refractivity contribution < 1.29 is 5.11 Å². The molecule has 142 valence electrons. The van der Waals surface area contributed by atoms with E-state index in [0.717, 1.165) is 36.7 Å². The number of aromatic nitrogens is 2. The number of aryl methyl sites for hydroxylation is 2. The number of hydrogen-bond donors (Lipinski definition) is 3. The van der Waals surface area contributed by atoms with Crippen molar-refractivity contribution in [2.75, 3.05) is 19.6 Å². The second-order valence-electron chi connectivity index (χ2n) is 6.43. The third-order valence-corrected chi connectivity index (χ3v) is 4.53. The molecule has 6 heteroatoms. The predicted molar refractivity (Wildman–Crippen MR) is 106 cm³/mol. The van der Waals surface area contributed by atoms with Crippen LogP contribution in [0.5, 0.6) is 0 Å². The number of hydrogen-bond acceptors (Lipinski definition) is 3. The van der Waals surface area contributed by atoms with Crippen molar-refractivity contribution in [3.05, 3.63) is 52.8 Å². The Labute approximate surface area is 156 Å². The number of aliphatic hydroxyl groups is 1. The van der Waals surface area contributed by atoms with Crippen molar-refractivity contribution in [3.8, 4) is 0 Å². The number of rotatable bonds is 8. The van der Waals surface area contributed by atoms with E-state index in [1.54, 1.807) is 0 Å². The van der Waals surface area contributed by atoms with Crippen molar-refractivity contribution in [2.24, 2.45) is 12.0 Å². The molecule has 2 rings (SSSR count). The molecule has 0 bridgehead atoms. The molecule has 6 nitrogen and oxygen atoms in total. The fraction of sp³-hybridized carbons (Fsp3) is 0.500. The summed E-state index contributed by atoms with van der Waals surface area (Å²) in [6.07, 6.45) is 1.02. The summed E-state index contributed by atoms with van der Waals surface area (Å²) in [7, 11) is 1.98. The predicted octanol–water partition coefficient (Wildman–Crippen LogP) is 2.26. The Morgan fingerprint density at radius 2 is 1.96 bits per heavy atom. The van der Waals surface area contributed by atoms with Crippen LogP contribution < -0.4 is 10.6 Å². The second kappa shape index (κ2) is 9.97. The van der Waals surface area contributed by atoms with Gasteiger partial charge >= 0.3 is 0 Å². The second-order valence-corrected chi connectivity index (χ2v) is 6.43. The van der Waals surface area contributed by atoms with E-state index in [1.165, 1.54) is 11.3 Å². The van der Waals surface area contributed by atoms with E-state index in [4.69, 9.17) is 0 Å². The van der Waals surface area contributed by atoms with Gasteiger partial charge in [-0.05, 0) is 44.7 Å². The minimum atomic E-state index is -0.483. The van der Waals surface area contributed by atoms with E-state index in [0.29, 0.717) is 13.0 Å². The molecule has 0 fully saturated rings. The van der Waals surface area contributed by atoms with Gasteiger partial charge in [-0.1, -0.05) is 30.3 Å². The molecule has 1 unspecified atom stereocenters. The van der Waals surface area contributed by atoms with Gasteiger partial charge in [0, 0.05) is 32.4 Å². The fourth-order valence-electron chi connectivity index (χ4n) is 2.97.